The molecule has 0 aliphatic heterocycles. The average molecular weight is 700 g/mol. The third kappa shape index (κ3) is 7.20. The van der Waals surface area contributed by atoms with Crippen molar-refractivity contribution in [2.24, 2.45) is 17.6 Å². The predicted molar refractivity (Wildman–Crippen MR) is 169 cm³/mol. The van der Waals surface area contributed by atoms with Crippen LogP contribution in [0.1, 0.15) is 38.3 Å². The number of nitrogens with two attached hydrogens (primary N) is 1. The maximum absolute atomic E-state index is 14.0. The zero-order chi connectivity index (χ0) is 37.7. The number of aliphatic carboxylic acids is 1. The van der Waals surface area contributed by atoms with Crippen LogP contribution in [0.2, 0.25) is 0 Å². The van der Waals surface area contributed by atoms with Crippen LogP contribution in [0.4, 0.5) is 24.5 Å². The van der Waals surface area contributed by atoms with Gasteiger partial charge in [0.2, 0.25) is 11.7 Å². The van der Waals surface area contributed by atoms with Crippen LogP contribution in [0, 0.1) is 11.8 Å². The number of carbonyl (C=O) groups is 5. The van der Waals surface area contributed by atoms with Crippen LogP contribution in [0.3, 0.4) is 0 Å². The third-order valence-corrected chi connectivity index (χ3v) is 8.47. The standard InChI is InChI=1S/C29H39N5O8.C2HF3O2/c1-28(2,3)31-11-17(35)32-15-10-16(33(4)5)13-8-12-9-14-21(34(6)7)24(38)20(27(30)41)26(40)29(14,42)25(39)18(12)23(37)19(13)22(15)36;3-2(4,5)1(6)7/h10,12,14,21,31,36-37,40,42H,8-9,11H2,1-7H3,(H2,30,41)(H,32,35);(H,6,7)/t12?,14?,21-,29-;/m0./s1. The van der Waals surface area contributed by atoms with Crippen LogP contribution in [-0.4, -0.2) is 118 Å². The number of phenolic OH excluding ortho intramolecular Hbond substituents is 1. The van der Waals surface area contributed by atoms with Crippen LogP contribution in [0.15, 0.2) is 23.0 Å². The van der Waals surface area contributed by atoms with E-state index in [1.807, 2.05) is 20.8 Å². The number of likely N-dealkylation sites (N-methyl/N-ethyl adjacent to an activating group) is 1. The van der Waals surface area contributed by atoms with E-state index < -0.39 is 81.8 Å². The van der Waals surface area contributed by atoms with Crippen molar-refractivity contribution in [1.82, 2.24) is 10.2 Å². The van der Waals surface area contributed by atoms with Crippen LogP contribution < -0.4 is 21.3 Å². The van der Waals surface area contributed by atoms with Crippen molar-refractivity contribution in [1.29, 1.82) is 0 Å². The molecule has 2 amide bonds. The number of Topliss-reactive ketones (excluding diaryl/α,β-unsaturated/α-hetero) is 2. The third-order valence-electron chi connectivity index (χ3n) is 8.47. The van der Waals surface area contributed by atoms with Gasteiger partial charge in [0.1, 0.15) is 22.8 Å². The summed E-state index contributed by atoms with van der Waals surface area (Å²) in [5, 5.41) is 58.4. The highest BCUT2D eigenvalue weighted by atomic mass is 19.4. The number of hydrogen-bond donors (Lipinski definition) is 8. The summed E-state index contributed by atoms with van der Waals surface area (Å²) in [6.45, 7) is 5.62. The number of aliphatic hydroxyl groups is 3. The summed E-state index contributed by atoms with van der Waals surface area (Å²) < 4.78 is 31.7. The Morgan fingerprint density at radius 3 is 2.06 bits per heavy atom. The van der Waals surface area contributed by atoms with Crippen molar-refractivity contribution in [2.75, 3.05) is 45.0 Å². The molecular weight excluding hydrogens is 659 g/mol. The Hall–Kier alpha value is -4.68. The number of alkyl halides is 3. The predicted octanol–water partition coefficient (Wildman–Crippen LogP) is 0.990. The number of nitrogens with one attached hydrogen (secondary N) is 2. The molecule has 0 bridgehead atoms. The van der Waals surface area contributed by atoms with Gasteiger partial charge in [-0.3, -0.25) is 24.1 Å². The monoisotopic (exact) mass is 699 g/mol. The summed E-state index contributed by atoms with van der Waals surface area (Å²) in [7, 11) is 6.58. The number of fused-ring (bicyclic) bond motifs is 3. The molecule has 3 aliphatic carbocycles. The molecule has 0 heterocycles. The highest BCUT2D eigenvalue weighted by Gasteiger charge is 2.64. The molecule has 49 heavy (non-hydrogen) atoms. The molecule has 1 saturated carbocycles. The average Bonchev–Trinajstić information content (AvgIpc) is 2.94. The number of carbonyl (C=O) groups excluding carboxylic acids is 4. The van der Waals surface area contributed by atoms with Gasteiger partial charge >= 0.3 is 12.1 Å². The Morgan fingerprint density at radius 2 is 1.61 bits per heavy atom. The first-order valence-corrected chi connectivity index (χ1v) is 14.8. The number of halogens is 3. The lowest BCUT2D eigenvalue weighted by Crippen LogP contribution is -2.65. The molecule has 4 rings (SSSR count). The highest BCUT2D eigenvalue weighted by molar-refractivity contribution is 6.24. The molecule has 1 fully saturated rings. The molecular formula is C31H40F3N5O10. The maximum Gasteiger partial charge on any atom is 0.490 e. The summed E-state index contributed by atoms with van der Waals surface area (Å²) in [6.07, 6.45) is -4.97. The van der Waals surface area contributed by atoms with Crippen LogP contribution in [-0.2, 0) is 30.4 Å². The van der Waals surface area contributed by atoms with Gasteiger partial charge in [0, 0.05) is 36.8 Å². The Kier molecular flexibility index (Phi) is 10.5. The number of hydrogen-bond acceptors (Lipinski definition) is 12. The highest BCUT2D eigenvalue weighted by Crippen LogP contribution is 2.54. The summed E-state index contributed by atoms with van der Waals surface area (Å²) in [4.78, 5) is 64.2. The van der Waals surface area contributed by atoms with Gasteiger partial charge in [-0.2, -0.15) is 13.2 Å². The summed E-state index contributed by atoms with van der Waals surface area (Å²) >= 11 is 0. The van der Waals surface area contributed by atoms with E-state index in [0.717, 1.165) is 0 Å². The Bertz CT molecular complexity index is 1660. The first kappa shape index (κ1) is 38.8. The van der Waals surface area contributed by atoms with Crippen LogP contribution in [0.25, 0.3) is 5.76 Å². The molecule has 15 nitrogen and oxygen atoms in total. The number of phenols is 1. The van der Waals surface area contributed by atoms with Crippen molar-refractivity contribution < 1.29 is 62.7 Å². The summed E-state index contributed by atoms with van der Waals surface area (Å²) in [5.41, 5.74) is 2.11. The van der Waals surface area contributed by atoms with Crippen LogP contribution >= 0.6 is 0 Å². The first-order chi connectivity index (χ1) is 22.3. The molecule has 9 N–H and O–H groups in total. The molecule has 1 aromatic rings. The minimum absolute atomic E-state index is 0.00158. The summed E-state index contributed by atoms with van der Waals surface area (Å²) in [5.74, 6) is -10.5. The molecule has 0 aromatic heterocycles. The lowest BCUT2D eigenvalue weighted by molar-refractivity contribution is -0.192. The van der Waals surface area contributed by atoms with Gasteiger partial charge in [0.25, 0.3) is 5.91 Å². The van der Waals surface area contributed by atoms with E-state index in [2.05, 4.69) is 10.6 Å². The normalized spacial score (nSPS) is 23.6. The summed E-state index contributed by atoms with van der Waals surface area (Å²) in [6, 6.07) is 0.409. The fraction of sp³-hybridized carbons (Fsp3) is 0.516. The number of ketones is 2. The van der Waals surface area contributed by atoms with E-state index in [-0.39, 0.29) is 41.7 Å². The van der Waals surface area contributed by atoms with Gasteiger partial charge in [-0.05, 0) is 65.3 Å². The van der Waals surface area contributed by atoms with E-state index in [4.69, 9.17) is 15.6 Å². The second kappa shape index (κ2) is 13.3. The SMILES string of the molecule is CN(C)c1cc(NC(=O)CNC(C)(C)C)c(O)c2c1CC1CC3[C@H](N(C)C)C(=O)C(C(N)=O)=C(O)[C@@]3(O)C(=O)C1=C2O.O=C(O)C(F)(F)F. The second-order valence-corrected chi connectivity index (χ2v) is 13.5. The lowest BCUT2D eigenvalue weighted by atomic mass is 9.57. The number of amides is 2. The Balaban J connectivity index is 0.000000838. The maximum atomic E-state index is 14.0. The minimum atomic E-state index is -5.08. The number of aliphatic hydroxyl groups excluding tert-OH is 2. The number of nitrogens with zero attached hydrogens (tertiary/aromatic N) is 2. The van der Waals surface area contributed by atoms with Crippen molar-refractivity contribution in [2.45, 2.75) is 57.0 Å². The quantitative estimate of drug-likeness (QED) is 0.153. The number of carboxylic acid groups (broad SMARTS) is 1. The molecule has 4 atom stereocenters. The number of primary amides is 1. The fourth-order valence-electron chi connectivity index (χ4n) is 6.33. The number of carboxylic acids is 1. The Labute approximate surface area is 278 Å². The van der Waals surface area contributed by atoms with Gasteiger partial charge in [0.05, 0.1) is 23.8 Å². The number of benzene rings is 1. The van der Waals surface area contributed by atoms with Gasteiger partial charge in [-0.15, -0.1) is 0 Å². The van der Waals surface area contributed by atoms with Crippen molar-refractivity contribution in [3.8, 4) is 5.75 Å². The van der Waals surface area contributed by atoms with E-state index in [9.17, 15) is 52.8 Å². The zero-order valence-electron chi connectivity index (χ0n) is 27.8. The van der Waals surface area contributed by atoms with Crippen molar-refractivity contribution >= 4 is 46.5 Å². The molecule has 0 radical (unpaired) electrons. The second-order valence-electron chi connectivity index (χ2n) is 13.5. The van der Waals surface area contributed by atoms with E-state index in [0.29, 0.717) is 11.3 Å². The molecule has 0 saturated heterocycles. The van der Waals surface area contributed by atoms with E-state index in [1.54, 1.807) is 39.2 Å². The molecule has 0 spiro atoms. The van der Waals surface area contributed by atoms with Gasteiger partial charge in [0.15, 0.2) is 11.4 Å². The van der Waals surface area contributed by atoms with Crippen LogP contribution in [0.5, 0.6) is 5.75 Å². The first-order valence-electron chi connectivity index (χ1n) is 14.8. The van der Waals surface area contributed by atoms with Gasteiger partial charge in [-0.1, -0.05) is 0 Å². The smallest absolute Gasteiger partial charge is 0.490 e. The minimum Gasteiger partial charge on any atom is -0.508 e. The van der Waals surface area contributed by atoms with E-state index >= 15 is 0 Å². The fourth-order valence-corrected chi connectivity index (χ4v) is 6.33. The van der Waals surface area contributed by atoms with Gasteiger partial charge < -0.3 is 46.8 Å². The molecule has 3 aliphatic rings. The Morgan fingerprint density at radius 1 is 1.06 bits per heavy atom. The number of aromatic hydroxyl groups is 1. The van der Waals surface area contributed by atoms with E-state index in [1.165, 1.54) is 4.90 Å². The molecule has 18 heteroatoms. The number of anilines is 2. The van der Waals surface area contributed by atoms with Crippen molar-refractivity contribution in [3.63, 3.8) is 0 Å². The topological polar surface area (TPSA) is 243 Å². The van der Waals surface area contributed by atoms with Gasteiger partial charge in [-0.25, -0.2) is 4.79 Å². The molecule has 270 valence electrons. The number of rotatable bonds is 6. The molecule has 1 aromatic carbocycles. The lowest BCUT2D eigenvalue weighted by Gasteiger charge is -2.50. The van der Waals surface area contributed by atoms with Crippen molar-refractivity contribution in [3.05, 3.63) is 34.1 Å². The zero-order valence-corrected chi connectivity index (χ0v) is 27.8. The molecule has 2 unspecified atom stereocenters. The largest absolute Gasteiger partial charge is 0.508 e.